The van der Waals surface area contributed by atoms with E-state index in [9.17, 15) is 4.79 Å². The fraction of sp³-hybridized carbons (Fsp3) is 0.455. The normalized spacial score (nSPS) is 11.1. The highest BCUT2D eigenvalue weighted by Gasteiger charge is 2.14. The number of hydrogen-bond donors (Lipinski definition) is 0. The first-order valence-electron chi connectivity index (χ1n) is 4.54. The second kappa shape index (κ2) is 3.78. The molecule has 0 aromatic carbocycles. The summed E-state index contributed by atoms with van der Waals surface area (Å²) in [6.45, 7) is 7.63. The molecule has 0 aliphatic carbocycles. The molecule has 0 unspecified atom stereocenters. The van der Waals surface area contributed by atoms with Crippen LogP contribution >= 0.6 is 0 Å². The van der Waals surface area contributed by atoms with Gasteiger partial charge in [-0.05, 0) is 12.1 Å². The quantitative estimate of drug-likeness (QED) is 0.642. The number of aromatic nitrogens is 1. The number of carbonyl (C=O) groups excluding carboxylic acids is 1. The molecule has 0 N–H and O–H groups in total. The maximum absolute atomic E-state index is 10.6. The van der Waals surface area contributed by atoms with Crippen LogP contribution in [0.2, 0.25) is 0 Å². The van der Waals surface area contributed by atoms with E-state index in [1.54, 1.807) is 12.3 Å². The molecular formula is C11H15NO2. The maximum atomic E-state index is 10.6. The van der Waals surface area contributed by atoms with Gasteiger partial charge in [0.2, 0.25) is 0 Å². The first-order valence-corrected chi connectivity index (χ1v) is 4.54. The van der Waals surface area contributed by atoms with Crippen LogP contribution in [0.25, 0.3) is 0 Å². The number of nitrogens with zero attached hydrogens (tertiary/aromatic N) is 1. The van der Waals surface area contributed by atoms with E-state index < -0.39 is 0 Å². The lowest BCUT2D eigenvalue weighted by molar-refractivity contribution is -0.131. The fourth-order valence-corrected chi connectivity index (χ4v) is 1.05. The fourth-order valence-electron chi connectivity index (χ4n) is 1.05. The summed E-state index contributed by atoms with van der Waals surface area (Å²) in [4.78, 5) is 14.9. The molecule has 3 heteroatoms. The maximum Gasteiger partial charge on any atom is 0.308 e. The summed E-state index contributed by atoms with van der Waals surface area (Å²) in [6.07, 6.45) is 1.57. The van der Waals surface area contributed by atoms with Crippen molar-refractivity contribution in [3.05, 3.63) is 24.0 Å². The lowest BCUT2D eigenvalue weighted by Gasteiger charge is -2.17. The molecule has 76 valence electrons. The molecule has 0 bridgehead atoms. The lowest BCUT2D eigenvalue weighted by Crippen LogP contribution is -2.13. The first kappa shape index (κ1) is 10.7. The minimum atomic E-state index is -0.324. The van der Waals surface area contributed by atoms with E-state index in [1.807, 2.05) is 6.07 Å². The Morgan fingerprint density at radius 2 is 2.00 bits per heavy atom. The zero-order valence-electron chi connectivity index (χ0n) is 9.00. The van der Waals surface area contributed by atoms with Crippen molar-refractivity contribution >= 4 is 5.97 Å². The molecule has 0 atom stereocenters. The van der Waals surface area contributed by atoms with Crippen molar-refractivity contribution < 1.29 is 9.53 Å². The summed E-state index contributed by atoms with van der Waals surface area (Å²) in [5, 5.41) is 0. The van der Waals surface area contributed by atoms with E-state index in [0.717, 1.165) is 5.69 Å². The number of hydrogen-bond acceptors (Lipinski definition) is 3. The van der Waals surface area contributed by atoms with E-state index in [-0.39, 0.29) is 11.4 Å². The van der Waals surface area contributed by atoms with Crippen molar-refractivity contribution in [1.29, 1.82) is 0 Å². The van der Waals surface area contributed by atoms with E-state index in [1.165, 1.54) is 6.92 Å². The van der Waals surface area contributed by atoms with Crippen molar-refractivity contribution in [2.75, 3.05) is 0 Å². The van der Waals surface area contributed by atoms with Gasteiger partial charge in [0, 0.05) is 18.0 Å². The van der Waals surface area contributed by atoms with E-state index in [4.69, 9.17) is 4.74 Å². The van der Waals surface area contributed by atoms with Gasteiger partial charge < -0.3 is 4.74 Å². The Labute approximate surface area is 84.1 Å². The molecule has 0 spiro atoms. The molecule has 0 amide bonds. The molecule has 0 saturated carbocycles. The topological polar surface area (TPSA) is 39.2 Å². The first-order chi connectivity index (χ1) is 6.39. The Hall–Kier alpha value is -1.38. The van der Waals surface area contributed by atoms with E-state index >= 15 is 0 Å². The molecular weight excluding hydrogens is 178 g/mol. The van der Waals surface area contributed by atoms with Crippen LogP contribution in [0.1, 0.15) is 33.4 Å². The molecule has 14 heavy (non-hydrogen) atoms. The minimum Gasteiger partial charge on any atom is -0.425 e. The average Bonchev–Trinajstić information content (AvgIpc) is 2.02. The average molecular weight is 193 g/mol. The number of rotatable bonds is 1. The number of carbonyl (C=O) groups is 1. The zero-order chi connectivity index (χ0) is 10.8. The van der Waals surface area contributed by atoms with Crippen molar-refractivity contribution in [1.82, 2.24) is 4.98 Å². The third kappa shape index (κ3) is 2.83. The third-order valence-corrected chi connectivity index (χ3v) is 1.77. The summed E-state index contributed by atoms with van der Waals surface area (Å²) >= 11 is 0. The largest absolute Gasteiger partial charge is 0.425 e. The van der Waals surface area contributed by atoms with Gasteiger partial charge in [0.1, 0.15) is 5.75 Å². The van der Waals surface area contributed by atoms with E-state index in [2.05, 4.69) is 25.8 Å². The molecule has 1 heterocycles. The monoisotopic (exact) mass is 193 g/mol. The second-order valence-corrected chi connectivity index (χ2v) is 4.22. The van der Waals surface area contributed by atoms with Crippen LogP contribution in [0.15, 0.2) is 18.3 Å². The molecule has 1 aromatic rings. The lowest BCUT2D eigenvalue weighted by atomic mass is 9.92. The molecule has 0 aliphatic heterocycles. The van der Waals surface area contributed by atoms with Gasteiger partial charge in [-0.2, -0.15) is 0 Å². The Morgan fingerprint density at radius 1 is 1.36 bits per heavy atom. The summed E-state index contributed by atoms with van der Waals surface area (Å²) < 4.78 is 4.88. The van der Waals surface area contributed by atoms with Gasteiger partial charge in [-0.1, -0.05) is 20.8 Å². The van der Waals surface area contributed by atoms with Crippen LogP contribution in [0.4, 0.5) is 0 Å². The molecule has 0 radical (unpaired) electrons. The number of esters is 1. The molecule has 0 fully saturated rings. The van der Waals surface area contributed by atoms with Gasteiger partial charge in [0.15, 0.2) is 0 Å². The highest BCUT2D eigenvalue weighted by Crippen LogP contribution is 2.21. The molecule has 0 aliphatic rings. The van der Waals surface area contributed by atoms with Gasteiger partial charge >= 0.3 is 5.97 Å². The van der Waals surface area contributed by atoms with Crippen LogP contribution in [-0.2, 0) is 10.2 Å². The predicted molar refractivity (Wildman–Crippen MR) is 54.2 cm³/mol. The molecule has 1 aromatic heterocycles. The van der Waals surface area contributed by atoms with Crippen molar-refractivity contribution in [2.45, 2.75) is 33.1 Å². The van der Waals surface area contributed by atoms with Gasteiger partial charge in [-0.25, -0.2) is 0 Å². The van der Waals surface area contributed by atoms with Crippen molar-refractivity contribution in [3.8, 4) is 5.75 Å². The second-order valence-electron chi connectivity index (χ2n) is 4.22. The highest BCUT2D eigenvalue weighted by molar-refractivity contribution is 5.69. The zero-order valence-corrected chi connectivity index (χ0v) is 9.00. The summed E-state index contributed by atoms with van der Waals surface area (Å²) in [5.41, 5.74) is 1.00. The SMILES string of the molecule is CC(=O)Oc1ccc(C(C)(C)C)nc1. The van der Waals surface area contributed by atoms with Crippen LogP contribution in [0, 0.1) is 0 Å². The summed E-state index contributed by atoms with van der Waals surface area (Å²) in [6, 6.07) is 3.63. The van der Waals surface area contributed by atoms with Crippen LogP contribution in [0.3, 0.4) is 0 Å². The van der Waals surface area contributed by atoms with Gasteiger partial charge in [-0.3, -0.25) is 9.78 Å². The third-order valence-electron chi connectivity index (χ3n) is 1.77. The van der Waals surface area contributed by atoms with Crippen LogP contribution < -0.4 is 4.74 Å². The van der Waals surface area contributed by atoms with Gasteiger partial charge in [-0.15, -0.1) is 0 Å². The molecule has 0 saturated heterocycles. The molecule has 3 nitrogen and oxygen atoms in total. The Bertz CT molecular complexity index is 322. The predicted octanol–water partition coefficient (Wildman–Crippen LogP) is 2.30. The van der Waals surface area contributed by atoms with Crippen LogP contribution in [-0.4, -0.2) is 11.0 Å². The Morgan fingerprint density at radius 3 is 2.36 bits per heavy atom. The smallest absolute Gasteiger partial charge is 0.308 e. The highest BCUT2D eigenvalue weighted by atomic mass is 16.5. The molecule has 1 rings (SSSR count). The number of pyridine rings is 1. The Balaban J connectivity index is 2.84. The van der Waals surface area contributed by atoms with Crippen LogP contribution in [0.5, 0.6) is 5.75 Å². The van der Waals surface area contributed by atoms with Gasteiger partial charge in [0.25, 0.3) is 0 Å². The van der Waals surface area contributed by atoms with E-state index in [0.29, 0.717) is 5.75 Å². The standard InChI is InChI=1S/C11H15NO2/c1-8(13)14-9-5-6-10(12-7-9)11(2,3)4/h5-7H,1-4H3. The van der Waals surface area contributed by atoms with Crippen molar-refractivity contribution in [2.24, 2.45) is 0 Å². The summed E-state index contributed by atoms with van der Waals surface area (Å²) in [7, 11) is 0. The minimum absolute atomic E-state index is 0.0226. The number of ether oxygens (including phenoxy) is 1. The van der Waals surface area contributed by atoms with Crippen molar-refractivity contribution in [3.63, 3.8) is 0 Å². The Kier molecular flexibility index (Phi) is 2.89. The van der Waals surface area contributed by atoms with Gasteiger partial charge in [0.05, 0.1) is 6.20 Å². The summed E-state index contributed by atoms with van der Waals surface area (Å²) in [5.74, 6) is 0.167.